The third-order valence-electron chi connectivity index (χ3n) is 3.43. The van der Waals surface area contributed by atoms with Crippen LogP contribution in [0.25, 0.3) is 11.1 Å². The highest BCUT2D eigenvalue weighted by molar-refractivity contribution is 5.77. The molecule has 0 heterocycles. The Morgan fingerprint density at radius 3 is 1.92 bits per heavy atom. The first-order valence-electron chi connectivity index (χ1n) is 8.09. The normalized spacial score (nSPS) is 12.0. The van der Waals surface area contributed by atoms with E-state index < -0.39 is 6.29 Å². The molecule has 0 aliphatic carbocycles. The predicted molar refractivity (Wildman–Crippen MR) is 90.8 cm³/mol. The van der Waals surface area contributed by atoms with E-state index in [1.807, 2.05) is 20.8 Å². The minimum Gasteiger partial charge on any atom is -0.493 e. The van der Waals surface area contributed by atoms with E-state index >= 15 is 0 Å². The van der Waals surface area contributed by atoms with Crippen molar-refractivity contribution >= 4 is 0 Å². The summed E-state index contributed by atoms with van der Waals surface area (Å²) in [5, 5.41) is 10.1. The van der Waals surface area contributed by atoms with Crippen LogP contribution in [-0.2, 0) is 4.74 Å². The van der Waals surface area contributed by atoms with Gasteiger partial charge in [0.2, 0.25) is 0 Å². The van der Waals surface area contributed by atoms with Crippen molar-refractivity contribution in [2.75, 3.05) is 19.8 Å². The van der Waals surface area contributed by atoms with Gasteiger partial charge in [-0.1, -0.05) is 12.1 Å². The Bertz CT molecular complexity index is 628. The molecule has 0 saturated heterocycles. The number of benzene rings is 2. The molecule has 130 valence electrons. The zero-order valence-electron chi connectivity index (χ0n) is 14.2. The maximum atomic E-state index is 13.2. The molecule has 4 nitrogen and oxygen atoms in total. The van der Waals surface area contributed by atoms with Gasteiger partial charge in [0.15, 0.2) is 6.29 Å². The third-order valence-corrected chi connectivity index (χ3v) is 3.43. The molecule has 0 amide bonds. The van der Waals surface area contributed by atoms with Crippen LogP contribution in [0.2, 0.25) is 0 Å². The van der Waals surface area contributed by atoms with Crippen molar-refractivity contribution in [3.63, 3.8) is 0 Å². The van der Waals surface area contributed by atoms with Gasteiger partial charge < -0.3 is 19.3 Å². The Morgan fingerprint density at radius 1 is 0.917 bits per heavy atom. The molecule has 0 aliphatic heterocycles. The number of halogens is 1. The lowest BCUT2D eigenvalue weighted by molar-refractivity contribution is -0.0981. The first kappa shape index (κ1) is 18.2. The van der Waals surface area contributed by atoms with Gasteiger partial charge in [-0.05, 0) is 50.6 Å². The zero-order valence-corrected chi connectivity index (χ0v) is 14.2. The Hall–Kier alpha value is -2.11. The van der Waals surface area contributed by atoms with Gasteiger partial charge in [0, 0.05) is 12.2 Å². The summed E-state index contributed by atoms with van der Waals surface area (Å²) in [6.45, 7) is 6.85. The molecule has 1 N–H and O–H groups in total. The Morgan fingerprint density at radius 2 is 1.46 bits per heavy atom. The lowest BCUT2D eigenvalue weighted by atomic mass is 10.0. The van der Waals surface area contributed by atoms with Crippen LogP contribution in [0.4, 0.5) is 4.39 Å². The molecular formula is C19H23FO4. The summed E-state index contributed by atoms with van der Waals surface area (Å²) >= 11 is 0. The summed E-state index contributed by atoms with van der Waals surface area (Å²) in [6.07, 6.45) is -1.06. The number of aliphatic hydroxyl groups excluding tert-OH is 1. The fraction of sp³-hybridized carbons (Fsp3) is 0.368. The molecular weight excluding hydrogens is 311 g/mol. The smallest absolute Gasteiger partial charge is 0.181 e. The quantitative estimate of drug-likeness (QED) is 0.731. The van der Waals surface area contributed by atoms with E-state index in [-0.39, 0.29) is 5.82 Å². The zero-order chi connectivity index (χ0) is 17.5. The van der Waals surface area contributed by atoms with E-state index in [2.05, 4.69) is 0 Å². The molecule has 2 aromatic carbocycles. The highest BCUT2D eigenvalue weighted by Gasteiger charge is 2.19. The lowest BCUT2D eigenvalue weighted by Crippen LogP contribution is -2.06. The van der Waals surface area contributed by atoms with Gasteiger partial charge in [-0.3, -0.25) is 0 Å². The monoisotopic (exact) mass is 334 g/mol. The molecule has 24 heavy (non-hydrogen) atoms. The predicted octanol–water partition coefficient (Wildman–Crippen LogP) is 4.32. The number of hydrogen-bond acceptors (Lipinski definition) is 4. The van der Waals surface area contributed by atoms with Gasteiger partial charge in [-0.15, -0.1) is 0 Å². The van der Waals surface area contributed by atoms with Crippen LogP contribution in [0.3, 0.4) is 0 Å². The van der Waals surface area contributed by atoms with Crippen molar-refractivity contribution in [3.8, 4) is 22.6 Å². The Kier molecular flexibility index (Phi) is 6.58. The molecule has 0 bridgehead atoms. The Labute approximate surface area is 141 Å². The molecule has 1 atom stereocenters. The van der Waals surface area contributed by atoms with Crippen LogP contribution in [0, 0.1) is 5.82 Å². The van der Waals surface area contributed by atoms with Crippen LogP contribution >= 0.6 is 0 Å². The number of rotatable bonds is 8. The summed E-state index contributed by atoms with van der Waals surface area (Å²) < 4.78 is 30.0. The van der Waals surface area contributed by atoms with E-state index in [0.29, 0.717) is 36.9 Å². The molecule has 0 spiro atoms. The second-order valence-corrected chi connectivity index (χ2v) is 5.07. The number of aliphatic hydroxyl groups is 1. The van der Waals surface area contributed by atoms with Crippen molar-refractivity contribution in [2.45, 2.75) is 27.1 Å². The maximum absolute atomic E-state index is 13.2. The van der Waals surface area contributed by atoms with Crippen molar-refractivity contribution in [1.82, 2.24) is 0 Å². The highest BCUT2D eigenvalue weighted by atomic mass is 19.1. The van der Waals surface area contributed by atoms with E-state index in [0.717, 1.165) is 11.1 Å². The van der Waals surface area contributed by atoms with Crippen molar-refractivity contribution in [2.24, 2.45) is 0 Å². The van der Waals surface area contributed by atoms with Crippen LogP contribution in [0.5, 0.6) is 11.5 Å². The van der Waals surface area contributed by atoms with Gasteiger partial charge in [-0.25, -0.2) is 4.39 Å². The van der Waals surface area contributed by atoms with E-state index in [1.54, 1.807) is 24.3 Å². The van der Waals surface area contributed by atoms with Crippen LogP contribution in [-0.4, -0.2) is 24.9 Å². The molecule has 1 unspecified atom stereocenters. The van der Waals surface area contributed by atoms with Crippen molar-refractivity contribution in [3.05, 3.63) is 47.8 Å². The summed E-state index contributed by atoms with van der Waals surface area (Å²) in [6, 6.07) is 9.59. The van der Waals surface area contributed by atoms with Crippen LogP contribution < -0.4 is 9.47 Å². The fourth-order valence-corrected chi connectivity index (χ4v) is 2.45. The molecule has 0 radical (unpaired) electrons. The highest BCUT2D eigenvalue weighted by Crippen LogP contribution is 2.41. The minimum absolute atomic E-state index is 0.307. The molecule has 0 aliphatic rings. The van der Waals surface area contributed by atoms with Gasteiger partial charge >= 0.3 is 0 Å². The van der Waals surface area contributed by atoms with Gasteiger partial charge in [0.25, 0.3) is 0 Å². The molecule has 2 aromatic rings. The third kappa shape index (κ3) is 4.24. The molecule has 0 fully saturated rings. The lowest BCUT2D eigenvalue weighted by Gasteiger charge is -2.19. The van der Waals surface area contributed by atoms with Crippen molar-refractivity contribution < 1.29 is 23.7 Å². The fourth-order valence-electron chi connectivity index (χ4n) is 2.45. The van der Waals surface area contributed by atoms with E-state index in [4.69, 9.17) is 14.2 Å². The Balaban J connectivity index is 2.59. The standard InChI is InChI=1S/C19H23FO4/c1-4-22-16-11-14(19(21)24-6-3)12-17(23-5-2)18(16)13-7-9-15(20)10-8-13/h7-12,19,21H,4-6H2,1-3H3. The average molecular weight is 334 g/mol. The topological polar surface area (TPSA) is 47.9 Å². The molecule has 2 rings (SSSR count). The molecule has 0 saturated carbocycles. The van der Waals surface area contributed by atoms with Crippen molar-refractivity contribution in [1.29, 1.82) is 0 Å². The summed E-state index contributed by atoms with van der Waals surface area (Å²) in [5.74, 6) is 0.811. The van der Waals surface area contributed by atoms with Gasteiger partial charge in [-0.2, -0.15) is 0 Å². The van der Waals surface area contributed by atoms with Gasteiger partial charge in [0.05, 0.1) is 18.8 Å². The summed E-state index contributed by atoms with van der Waals surface area (Å²) in [4.78, 5) is 0. The van der Waals surface area contributed by atoms with E-state index in [9.17, 15) is 9.50 Å². The summed E-state index contributed by atoms with van der Waals surface area (Å²) in [5.41, 5.74) is 2.06. The first-order chi connectivity index (χ1) is 11.6. The second-order valence-electron chi connectivity index (χ2n) is 5.07. The second kappa shape index (κ2) is 8.66. The minimum atomic E-state index is -1.06. The number of hydrogen-bond donors (Lipinski definition) is 1. The van der Waals surface area contributed by atoms with Gasteiger partial charge in [0.1, 0.15) is 17.3 Å². The molecule has 0 aromatic heterocycles. The molecule has 5 heteroatoms. The largest absolute Gasteiger partial charge is 0.493 e. The SMILES string of the molecule is CCOc1cc(C(O)OCC)cc(OCC)c1-c1ccc(F)cc1. The maximum Gasteiger partial charge on any atom is 0.181 e. The number of ether oxygens (including phenoxy) is 3. The first-order valence-corrected chi connectivity index (χ1v) is 8.09. The van der Waals surface area contributed by atoms with Crippen LogP contribution in [0.15, 0.2) is 36.4 Å². The average Bonchev–Trinajstić information content (AvgIpc) is 2.56. The van der Waals surface area contributed by atoms with Crippen LogP contribution in [0.1, 0.15) is 32.6 Å². The van der Waals surface area contributed by atoms with E-state index in [1.165, 1.54) is 12.1 Å². The summed E-state index contributed by atoms with van der Waals surface area (Å²) in [7, 11) is 0.